The maximum atomic E-state index is 12.0. The first kappa shape index (κ1) is 16.2. The van der Waals surface area contributed by atoms with E-state index in [9.17, 15) is 4.79 Å². The molecule has 0 saturated heterocycles. The lowest BCUT2D eigenvalue weighted by atomic mass is 10.1. The van der Waals surface area contributed by atoms with Gasteiger partial charge in [-0.15, -0.1) is 0 Å². The fourth-order valence-electron chi connectivity index (χ4n) is 2.62. The number of benzene rings is 2. The molecule has 2 aromatic carbocycles. The van der Waals surface area contributed by atoms with Crippen LogP contribution in [0.2, 0.25) is 0 Å². The SMILES string of the molecule is COc1cccc(CCC(=O)NCCc2ccc3c(c2)OCO3)c1. The number of rotatable bonds is 7. The third-order valence-electron chi connectivity index (χ3n) is 3.95. The summed E-state index contributed by atoms with van der Waals surface area (Å²) in [4.78, 5) is 12.0. The van der Waals surface area contributed by atoms with Crippen LogP contribution in [0.15, 0.2) is 42.5 Å². The van der Waals surface area contributed by atoms with Crippen LogP contribution in [-0.2, 0) is 17.6 Å². The minimum Gasteiger partial charge on any atom is -0.497 e. The van der Waals surface area contributed by atoms with Crippen molar-refractivity contribution in [2.75, 3.05) is 20.4 Å². The molecule has 0 bridgehead atoms. The van der Waals surface area contributed by atoms with Gasteiger partial charge in [0.25, 0.3) is 0 Å². The van der Waals surface area contributed by atoms with Crippen molar-refractivity contribution in [3.8, 4) is 17.2 Å². The predicted molar refractivity (Wildman–Crippen MR) is 90.6 cm³/mol. The van der Waals surface area contributed by atoms with Crippen LogP contribution >= 0.6 is 0 Å². The Labute approximate surface area is 141 Å². The number of fused-ring (bicyclic) bond motifs is 1. The minimum atomic E-state index is 0.0542. The number of amides is 1. The first-order valence-electron chi connectivity index (χ1n) is 8.03. The Morgan fingerprint density at radius 2 is 1.92 bits per heavy atom. The fourth-order valence-corrected chi connectivity index (χ4v) is 2.62. The molecule has 0 aliphatic carbocycles. The highest BCUT2D eigenvalue weighted by atomic mass is 16.7. The summed E-state index contributed by atoms with van der Waals surface area (Å²) >= 11 is 0. The van der Waals surface area contributed by atoms with Gasteiger partial charge in [0, 0.05) is 13.0 Å². The van der Waals surface area contributed by atoms with Gasteiger partial charge in [-0.2, -0.15) is 0 Å². The highest BCUT2D eigenvalue weighted by molar-refractivity contribution is 5.76. The van der Waals surface area contributed by atoms with Gasteiger partial charge in [-0.25, -0.2) is 0 Å². The Morgan fingerprint density at radius 3 is 2.79 bits per heavy atom. The third kappa shape index (κ3) is 4.19. The Balaban J connectivity index is 1.41. The van der Waals surface area contributed by atoms with Gasteiger partial charge < -0.3 is 19.5 Å². The van der Waals surface area contributed by atoms with E-state index in [4.69, 9.17) is 14.2 Å². The first-order valence-corrected chi connectivity index (χ1v) is 8.03. The number of carbonyl (C=O) groups excluding carboxylic acids is 1. The van der Waals surface area contributed by atoms with Gasteiger partial charge in [-0.3, -0.25) is 4.79 Å². The molecular weight excluding hydrogens is 306 g/mol. The Bertz CT molecular complexity index is 714. The van der Waals surface area contributed by atoms with Crippen molar-refractivity contribution in [2.24, 2.45) is 0 Å². The number of aryl methyl sites for hydroxylation is 1. The quantitative estimate of drug-likeness (QED) is 0.849. The standard InChI is InChI=1S/C19H21NO4/c1-22-16-4-2-3-14(11-16)6-8-19(21)20-10-9-15-5-7-17-18(12-15)24-13-23-17/h2-5,7,11-12H,6,8-10,13H2,1H3,(H,20,21). The summed E-state index contributed by atoms with van der Waals surface area (Å²) in [5, 5.41) is 2.96. The molecule has 3 rings (SSSR count). The van der Waals surface area contributed by atoms with Crippen LogP contribution < -0.4 is 19.5 Å². The summed E-state index contributed by atoms with van der Waals surface area (Å²) in [6.45, 7) is 0.885. The zero-order chi connectivity index (χ0) is 16.8. The summed E-state index contributed by atoms with van der Waals surface area (Å²) in [7, 11) is 1.64. The minimum absolute atomic E-state index is 0.0542. The molecule has 0 aromatic heterocycles. The van der Waals surface area contributed by atoms with E-state index in [-0.39, 0.29) is 12.7 Å². The van der Waals surface area contributed by atoms with E-state index in [1.54, 1.807) is 7.11 Å². The molecule has 1 N–H and O–H groups in total. The zero-order valence-corrected chi connectivity index (χ0v) is 13.7. The van der Waals surface area contributed by atoms with E-state index in [0.29, 0.717) is 19.4 Å². The number of ether oxygens (including phenoxy) is 3. The molecule has 1 aliphatic rings. The average molecular weight is 327 g/mol. The van der Waals surface area contributed by atoms with Crippen LogP contribution in [0.4, 0.5) is 0 Å². The molecular formula is C19H21NO4. The van der Waals surface area contributed by atoms with Gasteiger partial charge in [0.2, 0.25) is 12.7 Å². The van der Waals surface area contributed by atoms with Crippen LogP contribution in [0.3, 0.4) is 0 Å². The number of carbonyl (C=O) groups is 1. The molecule has 1 aliphatic heterocycles. The lowest BCUT2D eigenvalue weighted by molar-refractivity contribution is -0.121. The van der Waals surface area contributed by atoms with E-state index >= 15 is 0 Å². The number of methoxy groups -OCH3 is 1. The largest absolute Gasteiger partial charge is 0.497 e. The van der Waals surface area contributed by atoms with Gasteiger partial charge in [-0.1, -0.05) is 18.2 Å². The van der Waals surface area contributed by atoms with Crippen LogP contribution in [0.1, 0.15) is 17.5 Å². The third-order valence-corrected chi connectivity index (χ3v) is 3.95. The Hall–Kier alpha value is -2.69. The van der Waals surface area contributed by atoms with Crippen LogP contribution in [0.5, 0.6) is 17.2 Å². The second kappa shape index (κ2) is 7.73. The van der Waals surface area contributed by atoms with Crippen molar-refractivity contribution < 1.29 is 19.0 Å². The van der Waals surface area contributed by atoms with Crippen molar-refractivity contribution in [3.63, 3.8) is 0 Å². The summed E-state index contributed by atoms with van der Waals surface area (Å²) in [5.41, 5.74) is 2.22. The molecule has 24 heavy (non-hydrogen) atoms. The van der Waals surface area contributed by atoms with Crippen LogP contribution in [-0.4, -0.2) is 26.4 Å². The normalized spacial score (nSPS) is 12.0. The van der Waals surface area contributed by atoms with Crippen molar-refractivity contribution in [1.29, 1.82) is 0 Å². The molecule has 0 unspecified atom stereocenters. The smallest absolute Gasteiger partial charge is 0.231 e. The van der Waals surface area contributed by atoms with Crippen molar-refractivity contribution >= 4 is 5.91 Å². The highest BCUT2D eigenvalue weighted by Crippen LogP contribution is 2.32. The summed E-state index contributed by atoms with van der Waals surface area (Å²) < 4.78 is 15.8. The molecule has 1 amide bonds. The summed E-state index contributed by atoms with van der Waals surface area (Å²) in [6, 6.07) is 13.7. The molecule has 0 saturated carbocycles. The van der Waals surface area contributed by atoms with Gasteiger partial charge in [-0.05, 0) is 48.2 Å². The lowest BCUT2D eigenvalue weighted by Crippen LogP contribution is -2.25. The first-order chi connectivity index (χ1) is 11.7. The Kier molecular flexibility index (Phi) is 5.21. The van der Waals surface area contributed by atoms with Crippen LogP contribution in [0.25, 0.3) is 0 Å². The van der Waals surface area contributed by atoms with Crippen LogP contribution in [0, 0.1) is 0 Å². The molecule has 126 valence electrons. The molecule has 0 spiro atoms. The summed E-state index contributed by atoms with van der Waals surface area (Å²) in [5.74, 6) is 2.42. The molecule has 5 nitrogen and oxygen atoms in total. The molecule has 5 heteroatoms. The summed E-state index contributed by atoms with van der Waals surface area (Å²) in [6.07, 6.45) is 1.93. The molecule has 0 fully saturated rings. The van der Waals surface area contributed by atoms with Crippen molar-refractivity contribution in [2.45, 2.75) is 19.3 Å². The zero-order valence-electron chi connectivity index (χ0n) is 13.7. The Morgan fingerprint density at radius 1 is 1.08 bits per heavy atom. The fraction of sp³-hybridized carbons (Fsp3) is 0.316. The number of hydrogen-bond acceptors (Lipinski definition) is 4. The van der Waals surface area contributed by atoms with Gasteiger partial charge in [0.1, 0.15) is 5.75 Å². The highest BCUT2D eigenvalue weighted by Gasteiger charge is 2.13. The van der Waals surface area contributed by atoms with Gasteiger partial charge in [0.05, 0.1) is 7.11 Å². The molecule has 2 aromatic rings. The molecule has 0 atom stereocenters. The molecule has 0 radical (unpaired) electrons. The topological polar surface area (TPSA) is 56.8 Å². The number of nitrogens with one attached hydrogen (secondary N) is 1. The van der Waals surface area contributed by atoms with E-state index in [1.807, 2.05) is 42.5 Å². The van der Waals surface area contributed by atoms with E-state index < -0.39 is 0 Å². The van der Waals surface area contributed by atoms with Crippen molar-refractivity contribution in [3.05, 3.63) is 53.6 Å². The average Bonchev–Trinajstić information content (AvgIpc) is 3.08. The monoisotopic (exact) mass is 327 g/mol. The van der Waals surface area contributed by atoms with Crippen molar-refractivity contribution in [1.82, 2.24) is 5.32 Å². The maximum Gasteiger partial charge on any atom is 0.231 e. The molecule has 1 heterocycles. The van der Waals surface area contributed by atoms with E-state index in [0.717, 1.165) is 34.8 Å². The van der Waals surface area contributed by atoms with Gasteiger partial charge >= 0.3 is 0 Å². The predicted octanol–water partition coefficient (Wildman–Crippen LogP) is 2.72. The second-order valence-electron chi connectivity index (χ2n) is 5.64. The van der Waals surface area contributed by atoms with E-state index in [1.165, 1.54) is 0 Å². The van der Waals surface area contributed by atoms with Gasteiger partial charge in [0.15, 0.2) is 11.5 Å². The number of hydrogen-bond donors (Lipinski definition) is 1. The maximum absolute atomic E-state index is 12.0. The lowest BCUT2D eigenvalue weighted by Gasteiger charge is -2.07. The van der Waals surface area contributed by atoms with E-state index in [2.05, 4.69) is 5.32 Å². The second-order valence-corrected chi connectivity index (χ2v) is 5.64.